The molecular weight excluding hydrogens is 492 g/mol. The van der Waals surface area contributed by atoms with E-state index in [0.29, 0.717) is 0 Å². The van der Waals surface area contributed by atoms with E-state index in [2.05, 4.69) is 126 Å². The fraction of sp³-hybridized carbons (Fsp3) is 0. The molecule has 8 aromatic rings. The van der Waals surface area contributed by atoms with E-state index in [-0.39, 0.29) is 0 Å². The summed E-state index contributed by atoms with van der Waals surface area (Å²) >= 11 is 1.87. The minimum absolute atomic E-state index is 0.911. The highest BCUT2D eigenvalue weighted by atomic mass is 32.1. The monoisotopic (exact) mass is 514 g/mol. The molecule has 0 saturated carbocycles. The Labute approximate surface area is 229 Å². The molecule has 0 atom stereocenters. The first-order valence-corrected chi connectivity index (χ1v) is 13.9. The predicted molar refractivity (Wildman–Crippen MR) is 166 cm³/mol. The fourth-order valence-corrected chi connectivity index (χ4v) is 7.07. The highest BCUT2D eigenvalue weighted by molar-refractivity contribution is 7.26. The molecule has 0 bridgehead atoms. The third kappa shape index (κ3) is 3.55. The summed E-state index contributed by atoms with van der Waals surface area (Å²) in [5.41, 5.74) is 9.12. The van der Waals surface area contributed by atoms with E-state index in [9.17, 15) is 0 Å². The Kier molecular flexibility index (Phi) is 5.04. The van der Waals surface area contributed by atoms with E-state index >= 15 is 0 Å². The first kappa shape index (κ1) is 22.2. The van der Waals surface area contributed by atoms with Gasteiger partial charge in [0, 0.05) is 38.0 Å². The van der Waals surface area contributed by atoms with Crippen molar-refractivity contribution in [1.82, 2.24) is 9.97 Å². The molecule has 2 heterocycles. The number of hydrogen-bond acceptors (Lipinski definition) is 3. The number of hydrogen-bond donors (Lipinski definition) is 0. The van der Waals surface area contributed by atoms with Gasteiger partial charge in [0.05, 0.1) is 11.0 Å². The van der Waals surface area contributed by atoms with Crippen LogP contribution >= 0.6 is 11.3 Å². The maximum absolute atomic E-state index is 4.74. The van der Waals surface area contributed by atoms with Crippen molar-refractivity contribution < 1.29 is 0 Å². The van der Waals surface area contributed by atoms with Gasteiger partial charge in [-0.3, -0.25) is 9.97 Å². The number of rotatable bonds is 3. The second-order valence-corrected chi connectivity index (χ2v) is 10.9. The normalized spacial score (nSPS) is 11.6. The van der Waals surface area contributed by atoms with Crippen molar-refractivity contribution in [3.05, 3.63) is 134 Å². The molecule has 0 aliphatic heterocycles. The molecule has 0 aliphatic rings. The number of nitrogens with zero attached hydrogens (tertiary/aromatic N) is 2. The van der Waals surface area contributed by atoms with Crippen molar-refractivity contribution in [3.8, 4) is 33.4 Å². The lowest BCUT2D eigenvalue weighted by molar-refractivity contribution is 1.30. The van der Waals surface area contributed by atoms with E-state index in [1.165, 1.54) is 58.9 Å². The van der Waals surface area contributed by atoms with Gasteiger partial charge in [-0.15, -0.1) is 11.3 Å². The quantitative estimate of drug-likeness (QED) is 0.219. The summed E-state index contributed by atoms with van der Waals surface area (Å²) in [6.07, 6.45) is 3.54. The van der Waals surface area contributed by atoms with E-state index in [4.69, 9.17) is 4.98 Å². The lowest BCUT2D eigenvalue weighted by atomic mass is 9.90. The number of aromatic nitrogens is 2. The molecule has 2 aromatic heterocycles. The van der Waals surface area contributed by atoms with Crippen LogP contribution in [0.25, 0.3) is 75.4 Å². The molecule has 0 aliphatic carbocycles. The summed E-state index contributed by atoms with van der Waals surface area (Å²) in [5, 5.41) is 4.96. The average molecular weight is 515 g/mol. The standard InChI is InChI=1S/C36H22N2S/c1-2-12-28(30-15-6-8-23-18-19-32-35(34(23)30)38-21-20-37-32)26(11-1)24-9-5-10-25(22-24)27-14-7-16-31-29-13-3-4-17-33(29)39-36(27)31/h1-22H. The molecule has 0 amide bonds. The maximum atomic E-state index is 4.74. The predicted octanol–water partition coefficient (Wildman–Crippen LogP) is 10.2. The summed E-state index contributed by atoms with van der Waals surface area (Å²) < 4.78 is 2.66. The smallest absolute Gasteiger partial charge is 0.0971 e. The fourth-order valence-electron chi connectivity index (χ4n) is 5.83. The third-order valence-corrected chi connectivity index (χ3v) is 8.81. The Balaban J connectivity index is 1.34. The van der Waals surface area contributed by atoms with Gasteiger partial charge in [-0.25, -0.2) is 0 Å². The Bertz CT molecular complexity index is 2190. The second kappa shape index (κ2) is 8.87. The SMILES string of the molecule is c1cc(-c2ccccc2-c2cccc3ccc4nccnc4c23)cc(-c2cccc3c2sc2ccccc23)c1. The molecule has 0 unspecified atom stereocenters. The Morgan fingerprint density at radius 1 is 0.487 bits per heavy atom. The molecule has 182 valence electrons. The second-order valence-electron chi connectivity index (χ2n) is 9.80. The van der Waals surface area contributed by atoms with Crippen LogP contribution in [0.15, 0.2) is 134 Å². The van der Waals surface area contributed by atoms with Crippen molar-refractivity contribution in [2.45, 2.75) is 0 Å². The zero-order valence-corrected chi connectivity index (χ0v) is 21.8. The molecular formula is C36H22N2S. The molecule has 0 N–H and O–H groups in total. The largest absolute Gasteiger partial charge is 0.253 e. The minimum atomic E-state index is 0.911. The molecule has 3 heteroatoms. The zero-order valence-electron chi connectivity index (χ0n) is 21.0. The number of benzene rings is 6. The number of thiophene rings is 1. The van der Waals surface area contributed by atoms with Crippen molar-refractivity contribution >= 4 is 53.3 Å². The van der Waals surface area contributed by atoms with Gasteiger partial charge < -0.3 is 0 Å². The highest BCUT2D eigenvalue weighted by Gasteiger charge is 2.15. The van der Waals surface area contributed by atoms with Crippen molar-refractivity contribution in [1.29, 1.82) is 0 Å². The van der Waals surface area contributed by atoms with Crippen molar-refractivity contribution in [2.75, 3.05) is 0 Å². The van der Waals surface area contributed by atoms with Gasteiger partial charge in [0.25, 0.3) is 0 Å². The van der Waals surface area contributed by atoms with Crippen LogP contribution in [-0.4, -0.2) is 9.97 Å². The van der Waals surface area contributed by atoms with Gasteiger partial charge in [-0.05, 0) is 57.0 Å². The van der Waals surface area contributed by atoms with Crippen LogP contribution in [0.4, 0.5) is 0 Å². The average Bonchev–Trinajstić information content (AvgIpc) is 3.40. The molecule has 0 spiro atoms. The van der Waals surface area contributed by atoms with Gasteiger partial charge in [0.15, 0.2) is 0 Å². The summed E-state index contributed by atoms with van der Waals surface area (Å²) in [5.74, 6) is 0. The van der Waals surface area contributed by atoms with Gasteiger partial charge in [-0.2, -0.15) is 0 Å². The van der Waals surface area contributed by atoms with E-state index in [0.717, 1.165) is 16.4 Å². The molecule has 0 fully saturated rings. The van der Waals surface area contributed by atoms with Crippen LogP contribution < -0.4 is 0 Å². The summed E-state index contributed by atoms with van der Waals surface area (Å²) in [6.45, 7) is 0. The first-order chi connectivity index (χ1) is 19.3. The van der Waals surface area contributed by atoms with Crippen LogP contribution in [0.1, 0.15) is 0 Å². The first-order valence-electron chi connectivity index (χ1n) is 13.1. The lowest BCUT2D eigenvalue weighted by Gasteiger charge is -2.15. The van der Waals surface area contributed by atoms with Gasteiger partial charge in [-0.1, -0.05) is 103 Å². The summed E-state index contributed by atoms with van der Waals surface area (Å²) in [4.78, 5) is 9.31. The summed E-state index contributed by atoms with van der Waals surface area (Å²) in [6, 6.07) is 43.7. The molecule has 6 aromatic carbocycles. The van der Waals surface area contributed by atoms with E-state index in [1.54, 1.807) is 12.4 Å². The van der Waals surface area contributed by atoms with Gasteiger partial charge in [0.2, 0.25) is 0 Å². The lowest BCUT2D eigenvalue weighted by Crippen LogP contribution is -1.90. The Morgan fingerprint density at radius 2 is 1.18 bits per heavy atom. The molecule has 2 nitrogen and oxygen atoms in total. The van der Waals surface area contributed by atoms with Gasteiger partial charge >= 0.3 is 0 Å². The van der Waals surface area contributed by atoms with E-state index in [1.807, 2.05) is 11.3 Å². The van der Waals surface area contributed by atoms with Crippen molar-refractivity contribution in [2.24, 2.45) is 0 Å². The van der Waals surface area contributed by atoms with Crippen molar-refractivity contribution in [3.63, 3.8) is 0 Å². The highest BCUT2D eigenvalue weighted by Crippen LogP contribution is 2.42. The van der Waals surface area contributed by atoms with Gasteiger partial charge in [0.1, 0.15) is 0 Å². The number of fused-ring (bicyclic) bond motifs is 6. The minimum Gasteiger partial charge on any atom is -0.253 e. The van der Waals surface area contributed by atoms with Crippen LogP contribution in [0.2, 0.25) is 0 Å². The molecule has 0 saturated heterocycles. The third-order valence-electron chi connectivity index (χ3n) is 7.59. The van der Waals surface area contributed by atoms with E-state index < -0.39 is 0 Å². The summed E-state index contributed by atoms with van der Waals surface area (Å²) in [7, 11) is 0. The van der Waals surface area contributed by atoms with Crippen LogP contribution in [0.3, 0.4) is 0 Å². The maximum Gasteiger partial charge on any atom is 0.0971 e. The zero-order chi connectivity index (χ0) is 25.8. The Hall–Kier alpha value is -4.86. The Morgan fingerprint density at radius 3 is 2.13 bits per heavy atom. The van der Waals surface area contributed by atoms with Crippen LogP contribution in [0.5, 0.6) is 0 Å². The molecule has 0 radical (unpaired) electrons. The molecule has 8 rings (SSSR count). The molecule has 39 heavy (non-hydrogen) atoms. The van der Waals surface area contributed by atoms with Crippen LogP contribution in [0, 0.1) is 0 Å². The van der Waals surface area contributed by atoms with Crippen LogP contribution in [-0.2, 0) is 0 Å². The topological polar surface area (TPSA) is 25.8 Å².